The van der Waals surface area contributed by atoms with Gasteiger partial charge in [-0.3, -0.25) is 14.9 Å². The summed E-state index contributed by atoms with van der Waals surface area (Å²) in [6, 6.07) is 4.29. The molecular formula is C14H14N2O5. The van der Waals surface area contributed by atoms with Crippen LogP contribution in [0.25, 0.3) is 0 Å². The molecule has 0 spiro atoms. The van der Waals surface area contributed by atoms with E-state index in [-0.39, 0.29) is 17.0 Å². The van der Waals surface area contributed by atoms with Gasteiger partial charge in [0.1, 0.15) is 5.75 Å². The average Bonchev–Trinajstić information content (AvgIpc) is 2.36. The highest BCUT2D eigenvalue weighted by atomic mass is 16.6. The van der Waals surface area contributed by atoms with Crippen molar-refractivity contribution in [2.45, 2.75) is 31.9 Å². The summed E-state index contributed by atoms with van der Waals surface area (Å²) in [6.07, 6.45) is 0.417. The third-order valence-corrected chi connectivity index (χ3v) is 3.87. The van der Waals surface area contributed by atoms with Gasteiger partial charge >= 0.3 is 0 Å². The number of rotatable bonds is 1. The van der Waals surface area contributed by atoms with Crippen LogP contribution in [-0.4, -0.2) is 21.7 Å². The van der Waals surface area contributed by atoms with Crippen LogP contribution in [-0.2, 0) is 4.79 Å². The number of non-ortho nitro benzene ring substituents is 1. The Morgan fingerprint density at radius 2 is 2.29 bits per heavy atom. The van der Waals surface area contributed by atoms with Gasteiger partial charge in [-0.1, -0.05) is 0 Å². The quantitative estimate of drug-likeness (QED) is 0.357. The third kappa shape index (κ3) is 2.01. The highest BCUT2D eigenvalue weighted by molar-refractivity contribution is 5.97. The van der Waals surface area contributed by atoms with Gasteiger partial charge in [0, 0.05) is 30.0 Å². The molecule has 0 aliphatic carbocycles. The van der Waals surface area contributed by atoms with Crippen molar-refractivity contribution < 1.29 is 19.6 Å². The number of nitrogens with one attached hydrogen (secondary N) is 1. The number of hydrogen-bond donors (Lipinski definition) is 2. The maximum atomic E-state index is 12.1. The van der Waals surface area contributed by atoms with Crippen LogP contribution < -0.4 is 10.1 Å². The number of nitro benzene ring substituents is 1. The Labute approximate surface area is 120 Å². The second-order valence-corrected chi connectivity index (χ2v) is 5.52. The van der Waals surface area contributed by atoms with E-state index < -0.39 is 22.5 Å². The van der Waals surface area contributed by atoms with E-state index in [4.69, 9.17) is 4.74 Å². The molecular weight excluding hydrogens is 276 g/mol. The van der Waals surface area contributed by atoms with E-state index >= 15 is 0 Å². The Morgan fingerprint density at radius 1 is 1.57 bits per heavy atom. The summed E-state index contributed by atoms with van der Waals surface area (Å²) in [5.74, 6) is -0.430. The Bertz CT molecular complexity index is 693. The fraction of sp³-hybridized carbons (Fsp3) is 0.357. The first-order valence-corrected chi connectivity index (χ1v) is 6.50. The summed E-state index contributed by atoms with van der Waals surface area (Å²) in [4.78, 5) is 22.6. The van der Waals surface area contributed by atoms with Crippen LogP contribution in [0.15, 0.2) is 29.5 Å². The molecule has 2 atom stereocenters. The molecule has 0 radical (unpaired) electrons. The number of piperidine rings is 1. The molecule has 0 saturated carbocycles. The maximum Gasteiger partial charge on any atom is 0.269 e. The zero-order valence-corrected chi connectivity index (χ0v) is 11.5. The number of allylic oxidation sites excluding steroid dienone is 1. The SMILES string of the molecule is C/C(O)=C1/C(=O)N[C@@]2(C)C[C@H]1c1cc([N+](=O)[O-])ccc1O2. The maximum absolute atomic E-state index is 12.1. The van der Waals surface area contributed by atoms with E-state index in [1.807, 2.05) is 0 Å². The van der Waals surface area contributed by atoms with Gasteiger partial charge in [-0.15, -0.1) is 0 Å². The fourth-order valence-electron chi connectivity index (χ4n) is 3.01. The lowest BCUT2D eigenvalue weighted by Crippen LogP contribution is -2.58. The molecule has 7 nitrogen and oxygen atoms in total. The van der Waals surface area contributed by atoms with Crippen molar-refractivity contribution in [2.75, 3.05) is 0 Å². The molecule has 0 unspecified atom stereocenters. The Hall–Kier alpha value is -2.57. The number of benzene rings is 1. The predicted molar refractivity (Wildman–Crippen MR) is 73.0 cm³/mol. The van der Waals surface area contributed by atoms with Crippen molar-refractivity contribution in [3.63, 3.8) is 0 Å². The van der Waals surface area contributed by atoms with Gasteiger partial charge < -0.3 is 15.2 Å². The summed E-state index contributed by atoms with van der Waals surface area (Å²) in [6.45, 7) is 3.18. The van der Waals surface area contributed by atoms with Crippen LogP contribution in [0.2, 0.25) is 0 Å². The van der Waals surface area contributed by atoms with Gasteiger partial charge in [-0.25, -0.2) is 0 Å². The van der Waals surface area contributed by atoms with Crippen LogP contribution in [0.1, 0.15) is 31.7 Å². The number of aliphatic hydroxyl groups excluding tert-OH is 1. The monoisotopic (exact) mass is 290 g/mol. The minimum atomic E-state index is -0.871. The normalized spacial score (nSPS) is 29.0. The number of carbonyl (C=O) groups is 1. The van der Waals surface area contributed by atoms with Crippen LogP contribution >= 0.6 is 0 Å². The summed E-state index contributed by atoms with van der Waals surface area (Å²) < 4.78 is 5.76. The number of fused-ring (bicyclic) bond motifs is 4. The van der Waals surface area contributed by atoms with Crippen molar-refractivity contribution in [2.24, 2.45) is 0 Å². The summed E-state index contributed by atoms with van der Waals surface area (Å²) in [5, 5.41) is 23.4. The largest absolute Gasteiger partial charge is 0.512 e. The number of aliphatic hydroxyl groups is 1. The molecule has 2 aliphatic heterocycles. The van der Waals surface area contributed by atoms with Crippen molar-refractivity contribution in [1.29, 1.82) is 0 Å². The highest BCUT2D eigenvalue weighted by Gasteiger charge is 2.47. The van der Waals surface area contributed by atoms with E-state index in [1.54, 1.807) is 6.92 Å². The first-order chi connectivity index (χ1) is 9.81. The molecule has 1 amide bonds. The standard InChI is InChI=1S/C14H14N2O5/c1-7(17)12-10-6-14(2,15-13(12)18)21-11-4-3-8(16(19)20)5-9(10)11/h3-5,10,17H,6H2,1-2H3,(H,15,18)/b12-7-/t10-,14+/m0/s1. The van der Waals surface area contributed by atoms with Gasteiger partial charge in [-0.2, -0.15) is 0 Å². The molecule has 110 valence electrons. The number of nitrogens with zero attached hydrogens (tertiary/aromatic N) is 1. The summed E-state index contributed by atoms with van der Waals surface area (Å²) in [7, 11) is 0. The van der Waals surface area contributed by atoms with Gasteiger partial charge in [-0.05, 0) is 19.9 Å². The Balaban J connectivity index is 2.20. The summed E-state index contributed by atoms with van der Waals surface area (Å²) >= 11 is 0. The van der Waals surface area contributed by atoms with E-state index in [0.29, 0.717) is 17.7 Å². The van der Waals surface area contributed by atoms with Crippen LogP contribution in [0.5, 0.6) is 5.75 Å². The van der Waals surface area contributed by atoms with Gasteiger partial charge in [0.15, 0.2) is 5.72 Å². The second-order valence-electron chi connectivity index (χ2n) is 5.52. The molecule has 21 heavy (non-hydrogen) atoms. The zero-order valence-electron chi connectivity index (χ0n) is 11.5. The lowest BCUT2D eigenvalue weighted by atomic mass is 9.78. The Kier molecular flexibility index (Phi) is 2.69. The average molecular weight is 290 g/mol. The van der Waals surface area contributed by atoms with Gasteiger partial charge in [0.05, 0.1) is 16.3 Å². The molecule has 2 N–H and O–H groups in total. The molecule has 2 heterocycles. The molecule has 2 bridgehead atoms. The number of amides is 1. The highest BCUT2D eigenvalue weighted by Crippen LogP contribution is 2.47. The molecule has 1 aromatic rings. The van der Waals surface area contributed by atoms with Crippen molar-refractivity contribution in [1.82, 2.24) is 5.32 Å². The zero-order chi connectivity index (χ0) is 15.4. The molecule has 2 aliphatic rings. The first-order valence-electron chi connectivity index (χ1n) is 6.50. The van der Waals surface area contributed by atoms with Crippen molar-refractivity contribution in [3.05, 3.63) is 45.2 Å². The molecule has 0 aromatic heterocycles. The second kappa shape index (κ2) is 4.21. The lowest BCUT2D eigenvalue weighted by Gasteiger charge is -2.44. The van der Waals surface area contributed by atoms with E-state index in [2.05, 4.69) is 5.32 Å². The van der Waals surface area contributed by atoms with E-state index in [1.165, 1.54) is 25.1 Å². The number of nitro groups is 1. The minimum absolute atomic E-state index is 0.0677. The van der Waals surface area contributed by atoms with E-state index in [0.717, 1.165) is 0 Å². The number of carbonyl (C=O) groups excluding carboxylic acids is 1. The predicted octanol–water partition coefficient (Wildman–Crippen LogP) is 2.14. The molecule has 3 rings (SSSR count). The third-order valence-electron chi connectivity index (χ3n) is 3.87. The smallest absolute Gasteiger partial charge is 0.269 e. The number of hydrogen-bond acceptors (Lipinski definition) is 5. The van der Waals surface area contributed by atoms with Gasteiger partial charge in [0.25, 0.3) is 11.6 Å². The molecule has 1 fully saturated rings. The number of ether oxygens (including phenoxy) is 1. The van der Waals surface area contributed by atoms with Crippen molar-refractivity contribution in [3.8, 4) is 5.75 Å². The van der Waals surface area contributed by atoms with E-state index in [9.17, 15) is 20.0 Å². The lowest BCUT2D eigenvalue weighted by molar-refractivity contribution is -0.385. The summed E-state index contributed by atoms with van der Waals surface area (Å²) in [5.41, 5.74) is -0.150. The molecule has 1 aromatic carbocycles. The van der Waals surface area contributed by atoms with Crippen LogP contribution in [0.4, 0.5) is 5.69 Å². The van der Waals surface area contributed by atoms with Crippen molar-refractivity contribution >= 4 is 11.6 Å². The van der Waals surface area contributed by atoms with Gasteiger partial charge in [0.2, 0.25) is 0 Å². The van der Waals surface area contributed by atoms with Crippen LogP contribution in [0.3, 0.4) is 0 Å². The first kappa shape index (κ1) is 13.4. The molecule has 7 heteroatoms. The Morgan fingerprint density at radius 3 is 2.90 bits per heavy atom. The fourth-order valence-corrected chi connectivity index (χ4v) is 3.01. The molecule has 1 saturated heterocycles. The van der Waals surface area contributed by atoms with Crippen LogP contribution in [0, 0.1) is 10.1 Å². The topological polar surface area (TPSA) is 102 Å². The minimum Gasteiger partial charge on any atom is -0.512 e.